The number of hydrogen-bond acceptors (Lipinski definition) is 3. The van der Waals surface area contributed by atoms with Crippen molar-refractivity contribution in [3.8, 4) is 0 Å². The van der Waals surface area contributed by atoms with E-state index in [4.69, 9.17) is 0 Å². The Kier molecular flexibility index (Phi) is 5.63. The number of carbonyl (C=O) groups is 2. The monoisotopic (exact) mass is 253 g/mol. The van der Waals surface area contributed by atoms with Crippen LogP contribution in [-0.4, -0.2) is 25.0 Å². The lowest BCUT2D eigenvalue weighted by atomic mass is 10.3. The number of imide groups is 1. The van der Waals surface area contributed by atoms with Gasteiger partial charge >= 0.3 is 6.03 Å². The van der Waals surface area contributed by atoms with Crippen molar-refractivity contribution in [2.45, 2.75) is 13.3 Å². The Bertz CT molecular complexity index is 424. The van der Waals surface area contributed by atoms with Crippen LogP contribution in [-0.2, 0) is 4.79 Å². The molecular formula is C12H16FN3O2. The first-order chi connectivity index (χ1) is 8.61. The Morgan fingerprint density at radius 3 is 2.78 bits per heavy atom. The van der Waals surface area contributed by atoms with E-state index >= 15 is 0 Å². The van der Waals surface area contributed by atoms with E-state index in [0.29, 0.717) is 12.2 Å². The third-order valence-corrected chi connectivity index (χ3v) is 2.07. The molecule has 1 rings (SSSR count). The van der Waals surface area contributed by atoms with Gasteiger partial charge in [0.15, 0.2) is 0 Å². The zero-order chi connectivity index (χ0) is 13.4. The summed E-state index contributed by atoms with van der Waals surface area (Å²) < 4.78 is 12.8. The molecule has 1 aromatic carbocycles. The topological polar surface area (TPSA) is 70.2 Å². The van der Waals surface area contributed by atoms with E-state index < -0.39 is 11.9 Å². The second-order valence-corrected chi connectivity index (χ2v) is 3.67. The van der Waals surface area contributed by atoms with Crippen molar-refractivity contribution in [1.82, 2.24) is 10.6 Å². The summed E-state index contributed by atoms with van der Waals surface area (Å²) in [6.07, 6.45) is 0.795. The molecule has 0 aliphatic heterocycles. The van der Waals surface area contributed by atoms with Crippen molar-refractivity contribution in [1.29, 1.82) is 0 Å². The minimum atomic E-state index is -0.525. The maximum Gasteiger partial charge on any atom is 0.321 e. The fourth-order valence-corrected chi connectivity index (χ4v) is 1.23. The molecule has 0 aromatic heterocycles. The molecule has 0 atom stereocenters. The van der Waals surface area contributed by atoms with Gasteiger partial charge in [0, 0.05) is 12.2 Å². The highest BCUT2D eigenvalue weighted by Gasteiger charge is 2.06. The highest BCUT2D eigenvalue weighted by Crippen LogP contribution is 2.07. The third kappa shape index (κ3) is 5.29. The smallest absolute Gasteiger partial charge is 0.321 e. The van der Waals surface area contributed by atoms with Crippen molar-refractivity contribution in [2.75, 3.05) is 18.4 Å². The van der Waals surface area contributed by atoms with Crippen LogP contribution in [0.3, 0.4) is 0 Å². The molecule has 0 aliphatic carbocycles. The van der Waals surface area contributed by atoms with Crippen LogP contribution in [0.25, 0.3) is 0 Å². The summed E-state index contributed by atoms with van der Waals surface area (Å²) in [7, 11) is 0. The van der Waals surface area contributed by atoms with Gasteiger partial charge < -0.3 is 10.6 Å². The first-order valence-corrected chi connectivity index (χ1v) is 5.69. The zero-order valence-corrected chi connectivity index (χ0v) is 10.1. The summed E-state index contributed by atoms with van der Waals surface area (Å²) in [4.78, 5) is 22.5. The minimum absolute atomic E-state index is 0.0942. The third-order valence-electron chi connectivity index (χ3n) is 2.07. The highest BCUT2D eigenvalue weighted by molar-refractivity contribution is 5.96. The van der Waals surface area contributed by atoms with Crippen LogP contribution >= 0.6 is 0 Å². The van der Waals surface area contributed by atoms with Crippen molar-refractivity contribution in [3.63, 3.8) is 0 Å². The van der Waals surface area contributed by atoms with Crippen LogP contribution in [0.5, 0.6) is 0 Å². The van der Waals surface area contributed by atoms with Crippen molar-refractivity contribution in [2.24, 2.45) is 0 Å². The summed E-state index contributed by atoms with van der Waals surface area (Å²) in [5.41, 5.74) is 0.485. The van der Waals surface area contributed by atoms with Crippen molar-refractivity contribution in [3.05, 3.63) is 30.1 Å². The SMILES string of the molecule is CCCNC(=O)NC(=O)CNc1cccc(F)c1. The Labute approximate surface area is 105 Å². The van der Waals surface area contributed by atoms with Gasteiger partial charge in [-0.05, 0) is 24.6 Å². The second-order valence-electron chi connectivity index (χ2n) is 3.67. The fourth-order valence-electron chi connectivity index (χ4n) is 1.23. The van der Waals surface area contributed by atoms with Gasteiger partial charge in [0.05, 0.1) is 6.54 Å². The van der Waals surface area contributed by atoms with E-state index in [9.17, 15) is 14.0 Å². The lowest BCUT2D eigenvalue weighted by molar-refractivity contribution is -0.118. The average molecular weight is 253 g/mol. The molecule has 6 heteroatoms. The standard InChI is InChI=1S/C12H16FN3O2/c1-2-6-14-12(18)16-11(17)8-15-10-5-3-4-9(13)7-10/h3-5,7,15H,2,6,8H2,1H3,(H2,14,16,17,18). The van der Waals surface area contributed by atoms with Crippen molar-refractivity contribution < 1.29 is 14.0 Å². The van der Waals surface area contributed by atoms with E-state index in [1.165, 1.54) is 18.2 Å². The summed E-state index contributed by atoms with van der Waals surface area (Å²) >= 11 is 0. The number of amides is 3. The number of benzene rings is 1. The Morgan fingerprint density at radius 1 is 1.33 bits per heavy atom. The van der Waals surface area contributed by atoms with Gasteiger partial charge in [-0.1, -0.05) is 13.0 Å². The van der Waals surface area contributed by atoms with Gasteiger partial charge in [0.25, 0.3) is 0 Å². The van der Waals surface area contributed by atoms with E-state index in [1.807, 2.05) is 6.92 Å². The summed E-state index contributed by atoms with van der Waals surface area (Å²) in [5.74, 6) is -0.867. The molecule has 0 spiro atoms. The first-order valence-electron chi connectivity index (χ1n) is 5.69. The number of rotatable bonds is 5. The molecule has 0 unspecified atom stereocenters. The molecule has 0 radical (unpaired) electrons. The number of urea groups is 1. The highest BCUT2D eigenvalue weighted by atomic mass is 19.1. The van der Waals surface area contributed by atoms with E-state index in [-0.39, 0.29) is 12.4 Å². The minimum Gasteiger partial charge on any atom is -0.376 e. The van der Waals surface area contributed by atoms with Crippen LogP contribution in [0.2, 0.25) is 0 Å². The predicted molar refractivity (Wildman–Crippen MR) is 66.7 cm³/mol. The average Bonchev–Trinajstić information content (AvgIpc) is 2.34. The molecule has 0 heterocycles. The number of carbonyl (C=O) groups excluding carboxylic acids is 2. The van der Waals surface area contributed by atoms with Crippen LogP contribution < -0.4 is 16.0 Å². The number of halogens is 1. The van der Waals surface area contributed by atoms with Crippen molar-refractivity contribution >= 4 is 17.6 Å². The fraction of sp³-hybridized carbons (Fsp3) is 0.333. The Balaban J connectivity index is 2.31. The molecule has 98 valence electrons. The maximum atomic E-state index is 12.8. The van der Waals surface area contributed by atoms with E-state index in [0.717, 1.165) is 6.42 Å². The van der Waals surface area contributed by atoms with Gasteiger partial charge in [-0.25, -0.2) is 9.18 Å². The van der Waals surface area contributed by atoms with Gasteiger partial charge in [0.1, 0.15) is 5.82 Å². The molecule has 3 N–H and O–H groups in total. The zero-order valence-electron chi connectivity index (χ0n) is 10.1. The molecule has 18 heavy (non-hydrogen) atoms. The molecule has 5 nitrogen and oxygen atoms in total. The number of hydrogen-bond donors (Lipinski definition) is 3. The molecule has 0 saturated heterocycles. The summed E-state index contributed by atoms with van der Waals surface area (Å²) in [6.45, 7) is 2.33. The lowest BCUT2D eigenvalue weighted by Crippen LogP contribution is -2.42. The Hall–Kier alpha value is -2.11. The number of nitrogens with one attached hydrogen (secondary N) is 3. The molecule has 0 aliphatic rings. The van der Waals surface area contributed by atoms with Gasteiger partial charge in [-0.3, -0.25) is 10.1 Å². The van der Waals surface area contributed by atoms with Crippen LogP contribution in [0, 0.1) is 5.82 Å². The quantitative estimate of drug-likeness (QED) is 0.744. The normalized spacial score (nSPS) is 9.67. The van der Waals surface area contributed by atoms with E-state index in [2.05, 4.69) is 16.0 Å². The molecule has 1 aromatic rings. The largest absolute Gasteiger partial charge is 0.376 e. The van der Waals surface area contributed by atoms with Gasteiger partial charge in [-0.2, -0.15) is 0 Å². The predicted octanol–water partition coefficient (Wildman–Crippen LogP) is 1.47. The van der Waals surface area contributed by atoms with Crippen LogP contribution in [0.15, 0.2) is 24.3 Å². The molecular weight excluding hydrogens is 237 g/mol. The lowest BCUT2D eigenvalue weighted by Gasteiger charge is -2.07. The molecule has 3 amide bonds. The van der Waals surface area contributed by atoms with Crippen LogP contribution in [0.1, 0.15) is 13.3 Å². The first kappa shape index (κ1) is 14.0. The number of anilines is 1. The van der Waals surface area contributed by atoms with Crippen LogP contribution in [0.4, 0.5) is 14.9 Å². The van der Waals surface area contributed by atoms with Gasteiger partial charge in [-0.15, -0.1) is 0 Å². The van der Waals surface area contributed by atoms with Gasteiger partial charge in [0.2, 0.25) is 5.91 Å². The second kappa shape index (κ2) is 7.26. The Morgan fingerprint density at radius 2 is 2.11 bits per heavy atom. The summed E-state index contributed by atoms with van der Waals surface area (Å²) in [5, 5.41) is 7.38. The van der Waals surface area contributed by atoms with E-state index in [1.54, 1.807) is 6.07 Å². The molecule has 0 fully saturated rings. The molecule has 0 saturated carbocycles. The maximum absolute atomic E-state index is 12.8. The summed E-state index contributed by atoms with van der Waals surface area (Å²) in [6, 6.07) is 5.22. The molecule has 0 bridgehead atoms.